The van der Waals surface area contributed by atoms with Crippen LogP contribution in [0.3, 0.4) is 0 Å². The molecule has 0 unspecified atom stereocenters. The van der Waals surface area contributed by atoms with Crippen LogP contribution in [0.1, 0.15) is 29.3 Å². The molecule has 2 aromatic rings. The van der Waals surface area contributed by atoms with Crippen LogP contribution >= 0.6 is 11.3 Å². The molecule has 0 aliphatic carbocycles. The molecule has 17 heavy (non-hydrogen) atoms. The second-order valence-electron chi connectivity index (χ2n) is 4.22. The highest BCUT2D eigenvalue weighted by Gasteiger charge is 2.07. The first-order valence-corrected chi connectivity index (χ1v) is 7.02. The zero-order valence-electron chi connectivity index (χ0n) is 10.2. The summed E-state index contributed by atoms with van der Waals surface area (Å²) < 4.78 is 0. The second kappa shape index (κ2) is 6.58. The standard InChI is InChI=1S/C15H19NS/c1-16-15(13-7-3-2-4-8-13)11-5-9-14-10-6-12-17-14/h2-4,6-8,10,12,15-16H,5,9,11H2,1H3/t15-/m1/s1. The Kier molecular flexibility index (Phi) is 4.77. The van der Waals surface area contributed by atoms with Gasteiger partial charge in [0.05, 0.1) is 0 Å². The molecule has 0 fully saturated rings. The van der Waals surface area contributed by atoms with Crippen molar-refractivity contribution in [3.8, 4) is 0 Å². The van der Waals surface area contributed by atoms with Gasteiger partial charge in [-0.2, -0.15) is 0 Å². The van der Waals surface area contributed by atoms with Gasteiger partial charge in [0.2, 0.25) is 0 Å². The lowest BCUT2D eigenvalue weighted by Crippen LogP contribution is -2.16. The molecule has 90 valence electrons. The second-order valence-corrected chi connectivity index (χ2v) is 5.26. The molecule has 1 aromatic heterocycles. The number of rotatable bonds is 6. The predicted octanol–water partition coefficient (Wildman–Crippen LogP) is 4.03. The molecule has 0 radical (unpaired) electrons. The normalized spacial score (nSPS) is 12.5. The summed E-state index contributed by atoms with van der Waals surface area (Å²) in [7, 11) is 2.04. The summed E-state index contributed by atoms with van der Waals surface area (Å²) in [5.74, 6) is 0. The van der Waals surface area contributed by atoms with Gasteiger partial charge in [-0.3, -0.25) is 0 Å². The van der Waals surface area contributed by atoms with Gasteiger partial charge in [-0.05, 0) is 43.3 Å². The van der Waals surface area contributed by atoms with E-state index >= 15 is 0 Å². The Morgan fingerprint density at radius 1 is 1.12 bits per heavy atom. The maximum Gasteiger partial charge on any atom is 0.0317 e. The fourth-order valence-corrected chi connectivity index (χ4v) is 2.85. The SMILES string of the molecule is CN[C@H](CCCc1cccs1)c1ccccc1. The minimum atomic E-state index is 0.483. The molecule has 0 aliphatic heterocycles. The average Bonchev–Trinajstić information content (AvgIpc) is 2.89. The lowest BCUT2D eigenvalue weighted by Gasteiger charge is -2.16. The number of hydrogen-bond donors (Lipinski definition) is 1. The lowest BCUT2D eigenvalue weighted by molar-refractivity contribution is 0.528. The molecule has 1 nitrogen and oxygen atoms in total. The predicted molar refractivity (Wildman–Crippen MR) is 75.5 cm³/mol. The van der Waals surface area contributed by atoms with Crippen LogP contribution in [0.5, 0.6) is 0 Å². The number of benzene rings is 1. The minimum absolute atomic E-state index is 0.483. The number of aryl methyl sites for hydroxylation is 1. The Morgan fingerprint density at radius 2 is 1.94 bits per heavy atom. The first-order valence-electron chi connectivity index (χ1n) is 6.15. The molecular weight excluding hydrogens is 226 g/mol. The molecule has 2 heteroatoms. The largest absolute Gasteiger partial charge is 0.313 e. The van der Waals surface area contributed by atoms with E-state index in [4.69, 9.17) is 0 Å². The van der Waals surface area contributed by atoms with Crippen LogP contribution in [0, 0.1) is 0 Å². The zero-order valence-corrected chi connectivity index (χ0v) is 11.0. The molecule has 1 N–H and O–H groups in total. The van der Waals surface area contributed by atoms with Crippen molar-refractivity contribution in [2.45, 2.75) is 25.3 Å². The van der Waals surface area contributed by atoms with Gasteiger partial charge >= 0.3 is 0 Å². The van der Waals surface area contributed by atoms with Crippen LogP contribution < -0.4 is 5.32 Å². The Balaban J connectivity index is 1.84. The fraction of sp³-hybridized carbons (Fsp3) is 0.333. The summed E-state index contributed by atoms with van der Waals surface area (Å²) in [6.07, 6.45) is 3.63. The number of thiophene rings is 1. The summed E-state index contributed by atoms with van der Waals surface area (Å²) in [6, 6.07) is 15.5. The molecule has 1 atom stereocenters. The third-order valence-corrected chi connectivity index (χ3v) is 3.98. The monoisotopic (exact) mass is 245 g/mol. The van der Waals surface area contributed by atoms with Gasteiger partial charge in [0, 0.05) is 10.9 Å². The average molecular weight is 245 g/mol. The molecule has 1 heterocycles. The number of hydrogen-bond acceptors (Lipinski definition) is 2. The maximum absolute atomic E-state index is 3.40. The van der Waals surface area contributed by atoms with Crippen molar-refractivity contribution in [2.75, 3.05) is 7.05 Å². The van der Waals surface area contributed by atoms with Crippen LogP contribution in [0.25, 0.3) is 0 Å². The van der Waals surface area contributed by atoms with E-state index in [0.717, 1.165) is 0 Å². The Hall–Kier alpha value is -1.12. The molecule has 0 spiro atoms. The fourth-order valence-electron chi connectivity index (χ4n) is 2.10. The van der Waals surface area contributed by atoms with Gasteiger partial charge in [-0.25, -0.2) is 0 Å². The van der Waals surface area contributed by atoms with E-state index in [1.54, 1.807) is 0 Å². The smallest absolute Gasteiger partial charge is 0.0317 e. The number of nitrogens with one attached hydrogen (secondary N) is 1. The van der Waals surface area contributed by atoms with Gasteiger partial charge in [-0.15, -0.1) is 11.3 Å². The minimum Gasteiger partial charge on any atom is -0.313 e. The topological polar surface area (TPSA) is 12.0 Å². The third-order valence-electron chi connectivity index (χ3n) is 3.05. The molecule has 0 bridgehead atoms. The van der Waals surface area contributed by atoms with Crippen molar-refractivity contribution < 1.29 is 0 Å². The highest BCUT2D eigenvalue weighted by atomic mass is 32.1. The van der Waals surface area contributed by atoms with E-state index in [2.05, 4.69) is 53.2 Å². The van der Waals surface area contributed by atoms with E-state index in [1.807, 2.05) is 18.4 Å². The Morgan fingerprint density at radius 3 is 2.59 bits per heavy atom. The van der Waals surface area contributed by atoms with Crippen LogP contribution in [-0.4, -0.2) is 7.05 Å². The highest BCUT2D eigenvalue weighted by molar-refractivity contribution is 7.09. The zero-order chi connectivity index (χ0) is 11.9. The van der Waals surface area contributed by atoms with Gasteiger partial charge < -0.3 is 5.32 Å². The Bertz CT molecular complexity index is 408. The first-order chi connectivity index (χ1) is 8.40. The van der Waals surface area contributed by atoms with Gasteiger partial charge in [0.15, 0.2) is 0 Å². The van der Waals surface area contributed by atoms with E-state index in [1.165, 1.54) is 29.7 Å². The van der Waals surface area contributed by atoms with Gasteiger partial charge in [-0.1, -0.05) is 36.4 Å². The molecule has 0 amide bonds. The Labute approximate surface area is 108 Å². The molecule has 2 rings (SSSR count). The molecule has 1 aromatic carbocycles. The first kappa shape index (κ1) is 12.3. The van der Waals surface area contributed by atoms with E-state index in [9.17, 15) is 0 Å². The van der Waals surface area contributed by atoms with Crippen molar-refractivity contribution >= 4 is 11.3 Å². The summed E-state index contributed by atoms with van der Waals surface area (Å²) in [4.78, 5) is 1.49. The molecule has 0 saturated carbocycles. The maximum atomic E-state index is 3.40. The summed E-state index contributed by atoms with van der Waals surface area (Å²) >= 11 is 1.86. The van der Waals surface area contributed by atoms with Crippen molar-refractivity contribution in [1.29, 1.82) is 0 Å². The van der Waals surface area contributed by atoms with E-state index < -0.39 is 0 Å². The van der Waals surface area contributed by atoms with Gasteiger partial charge in [0.1, 0.15) is 0 Å². The van der Waals surface area contributed by atoms with Crippen LogP contribution in [0.2, 0.25) is 0 Å². The summed E-state index contributed by atoms with van der Waals surface area (Å²) in [6.45, 7) is 0. The van der Waals surface area contributed by atoms with Gasteiger partial charge in [0.25, 0.3) is 0 Å². The lowest BCUT2D eigenvalue weighted by atomic mass is 10.0. The van der Waals surface area contributed by atoms with Crippen molar-refractivity contribution in [2.24, 2.45) is 0 Å². The molecular formula is C15H19NS. The molecule has 0 aliphatic rings. The van der Waals surface area contributed by atoms with Crippen LogP contribution in [-0.2, 0) is 6.42 Å². The quantitative estimate of drug-likeness (QED) is 0.810. The highest BCUT2D eigenvalue weighted by Crippen LogP contribution is 2.20. The third kappa shape index (κ3) is 3.69. The summed E-state index contributed by atoms with van der Waals surface area (Å²) in [5, 5.41) is 5.56. The van der Waals surface area contributed by atoms with E-state index in [-0.39, 0.29) is 0 Å². The summed E-state index contributed by atoms with van der Waals surface area (Å²) in [5.41, 5.74) is 1.39. The van der Waals surface area contributed by atoms with Crippen LogP contribution in [0.4, 0.5) is 0 Å². The van der Waals surface area contributed by atoms with Crippen molar-refractivity contribution in [3.05, 3.63) is 58.3 Å². The van der Waals surface area contributed by atoms with Crippen molar-refractivity contribution in [3.63, 3.8) is 0 Å². The molecule has 0 saturated heterocycles. The van der Waals surface area contributed by atoms with Crippen molar-refractivity contribution in [1.82, 2.24) is 5.32 Å². The van der Waals surface area contributed by atoms with Crippen LogP contribution in [0.15, 0.2) is 47.8 Å². The van der Waals surface area contributed by atoms with E-state index in [0.29, 0.717) is 6.04 Å².